The van der Waals surface area contributed by atoms with Crippen LogP contribution in [0.5, 0.6) is 0 Å². The molecule has 0 aromatic carbocycles. The van der Waals surface area contributed by atoms with Crippen LogP contribution in [0, 0.1) is 11.8 Å². The second-order valence-electron chi connectivity index (χ2n) is 6.88. The Balaban J connectivity index is 1.55. The van der Waals surface area contributed by atoms with Crippen molar-refractivity contribution < 1.29 is 9.59 Å². The Kier molecular flexibility index (Phi) is 4.48. The van der Waals surface area contributed by atoms with E-state index in [0.717, 1.165) is 38.9 Å². The number of carbonyl (C=O) groups excluding carboxylic acids is 2. The summed E-state index contributed by atoms with van der Waals surface area (Å²) in [5.41, 5.74) is 0. The maximum absolute atomic E-state index is 12.6. The minimum absolute atomic E-state index is 0.0913. The van der Waals surface area contributed by atoms with Gasteiger partial charge in [0.05, 0.1) is 5.92 Å². The zero-order valence-electron chi connectivity index (χ0n) is 13.0. The summed E-state index contributed by atoms with van der Waals surface area (Å²) in [5, 5.41) is 3.19. The normalized spacial score (nSPS) is 30.6. The third kappa shape index (κ3) is 3.07. The van der Waals surface area contributed by atoms with Crippen molar-refractivity contribution in [2.45, 2.75) is 44.6 Å². The van der Waals surface area contributed by atoms with Gasteiger partial charge in [-0.3, -0.25) is 9.59 Å². The van der Waals surface area contributed by atoms with Gasteiger partial charge in [-0.15, -0.1) is 0 Å². The fourth-order valence-electron chi connectivity index (χ4n) is 4.21. The second kappa shape index (κ2) is 6.34. The highest BCUT2D eigenvalue weighted by molar-refractivity contribution is 5.89. The lowest BCUT2D eigenvalue weighted by atomic mass is 10.1. The maximum Gasteiger partial charge on any atom is 0.228 e. The van der Waals surface area contributed by atoms with Gasteiger partial charge in [-0.1, -0.05) is 12.8 Å². The largest absolute Gasteiger partial charge is 0.342 e. The van der Waals surface area contributed by atoms with Gasteiger partial charge in [-0.05, 0) is 38.8 Å². The van der Waals surface area contributed by atoms with Crippen LogP contribution in [0.1, 0.15) is 38.5 Å². The van der Waals surface area contributed by atoms with Crippen molar-refractivity contribution in [1.29, 1.82) is 0 Å². The van der Waals surface area contributed by atoms with Gasteiger partial charge in [0.2, 0.25) is 11.8 Å². The first kappa shape index (κ1) is 14.8. The molecule has 0 bridgehead atoms. The third-order valence-corrected chi connectivity index (χ3v) is 5.36. The zero-order valence-corrected chi connectivity index (χ0v) is 13.0. The number of rotatable bonds is 4. The van der Waals surface area contributed by atoms with Gasteiger partial charge in [0, 0.05) is 32.1 Å². The lowest BCUT2D eigenvalue weighted by Gasteiger charge is -2.25. The van der Waals surface area contributed by atoms with Crippen LogP contribution in [0.15, 0.2) is 0 Å². The first-order valence-electron chi connectivity index (χ1n) is 8.42. The molecule has 21 heavy (non-hydrogen) atoms. The molecule has 118 valence electrons. The van der Waals surface area contributed by atoms with Crippen molar-refractivity contribution in [3.63, 3.8) is 0 Å². The average molecular weight is 293 g/mol. The van der Waals surface area contributed by atoms with Gasteiger partial charge in [-0.25, -0.2) is 0 Å². The number of carbonyl (C=O) groups is 2. The summed E-state index contributed by atoms with van der Waals surface area (Å²) >= 11 is 0. The Morgan fingerprint density at radius 1 is 1.24 bits per heavy atom. The first-order valence-corrected chi connectivity index (χ1v) is 8.42. The summed E-state index contributed by atoms with van der Waals surface area (Å²) < 4.78 is 0. The lowest BCUT2D eigenvalue weighted by Crippen LogP contribution is -2.38. The quantitative estimate of drug-likeness (QED) is 0.836. The SMILES string of the molecule is CNCC1CCN(C(=O)C2CC(=O)N(C3CCCC3)C2)C1. The predicted octanol–water partition coefficient (Wildman–Crippen LogP) is 0.845. The molecule has 1 aliphatic carbocycles. The van der Waals surface area contributed by atoms with Crippen molar-refractivity contribution >= 4 is 11.8 Å². The van der Waals surface area contributed by atoms with E-state index in [9.17, 15) is 9.59 Å². The fraction of sp³-hybridized carbons (Fsp3) is 0.875. The molecule has 2 saturated heterocycles. The summed E-state index contributed by atoms with van der Waals surface area (Å²) in [6.07, 6.45) is 6.22. The minimum atomic E-state index is -0.0913. The number of nitrogens with zero attached hydrogens (tertiary/aromatic N) is 2. The molecule has 0 spiro atoms. The molecule has 3 fully saturated rings. The number of nitrogens with one attached hydrogen (secondary N) is 1. The number of amides is 2. The van der Waals surface area contributed by atoms with E-state index < -0.39 is 0 Å². The van der Waals surface area contributed by atoms with Gasteiger partial charge in [0.15, 0.2) is 0 Å². The van der Waals surface area contributed by atoms with E-state index in [1.807, 2.05) is 16.8 Å². The molecule has 2 unspecified atom stereocenters. The summed E-state index contributed by atoms with van der Waals surface area (Å²) in [7, 11) is 1.96. The molecule has 1 saturated carbocycles. The van der Waals surface area contributed by atoms with E-state index in [1.165, 1.54) is 12.8 Å². The van der Waals surface area contributed by atoms with Crippen molar-refractivity contribution in [1.82, 2.24) is 15.1 Å². The van der Waals surface area contributed by atoms with Crippen LogP contribution in [0.25, 0.3) is 0 Å². The number of hydrogen-bond donors (Lipinski definition) is 1. The molecule has 3 aliphatic rings. The van der Waals surface area contributed by atoms with E-state index >= 15 is 0 Å². The van der Waals surface area contributed by atoms with Crippen molar-refractivity contribution in [3.8, 4) is 0 Å². The third-order valence-electron chi connectivity index (χ3n) is 5.36. The molecule has 5 heteroatoms. The summed E-state index contributed by atoms with van der Waals surface area (Å²) in [5.74, 6) is 0.891. The second-order valence-corrected chi connectivity index (χ2v) is 6.88. The molecule has 0 aromatic heterocycles. The molecule has 3 rings (SSSR count). The van der Waals surface area contributed by atoms with Crippen molar-refractivity contribution in [2.75, 3.05) is 33.2 Å². The van der Waals surface area contributed by atoms with Crippen molar-refractivity contribution in [2.24, 2.45) is 11.8 Å². The fourth-order valence-corrected chi connectivity index (χ4v) is 4.21. The predicted molar refractivity (Wildman–Crippen MR) is 80.7 cm³/mol. The van der Waals surface area contributed by atoms with Crippen molar-refractivity contribution in [3.05, 3.63) is 0 Å². The topological polar surface area (TPSA) is 52.7 Å². The monoisotopic (exact) mass is 293 g/mol. The smallest absolute Gasteiger partial charge is 0.228 e. The van der Waals surface area contributed by atoms with Crippen LogP contribution in [0.3, 0.4) is 0 Å². The highest BCUT2D eigenvalue weighted by Crippen LogP contribution is 2.31. The van der Waals surface area contributed by atoms with Crippen LogP contribution >= 0.6 is 0 Å². The highest BCUT2D eigenvalue weighted by Gasteiger charge is 2.41. The summed E-state index contributed by atoms with van der Waals surface area (Å²) in [6, 6.07) is 0.408. The van der Waals surface area contributed by atoms with Gasteiger partial charge < -0.3 is 15.1 Å². The van der Waals surface area contributed by atoms with Crippen LogP contribution < -0.4 is 5.32 Å². The molecule has 2 amide bonds. The van der Waals surface area contributed by atoms with E-state index in [-0.39, 0.29) is 17.7 Å². The van der Waals surface area contributed by atoms with Crippen LogP contribution in [-0.2, 0) is 9.59 Å². The Morgan fingerprint density at radius 3 is 2.71 bits per heavy atom. The Labute approximate surface area is 127 Å². The average Bonchev–Trinajstić information content (AvgIpc) is 3.17. The number of likely N-dealkylation sites (tertiary alicyclic amines) is 2. The van der Waals surface area contributed by atoms with E-state index in [4.69, 9.17) is 0 Å². The molecule has 0 radical (unpaired) electrons. The molecular formula is C16H27N3O2. The van der Waals surface area contributed by atoms with Gasteiger partial charge >= 0.3 is 0 Å². The van der Waals surface area contributed by atoms with E-state index in [2.05, 4.69) is 5.32 Å². The van der Waals surface area contributed by atoms with Crippen LogP contribution in [0.4, 0.5) is 0 Å². The minimum Gasteiger partial charge on any atom is -0.342 e. The molecular weight excluding hydrogens is 266 g/mol. The van der Waals surface area contributed by atoms with E-state index in [0.29, 0.717) is 24.9 Å². The Morgan fingerprint density at radius 2 is 2.00 bits per heavy atom. The Hall–Kier alpha value is -1.10. The number of hydrogen-bond acceptors (Lipinski definition) is 3. The van der Waals surface area contributed by atoms with Gasteiger partial charge in [-0.2, -0.15) is 0 Å². The summed E-state index contributed by atoms with van der Waals surface area (Å²) in [6.45, 7) is 3.35. The maximum atomic E-state index is 12.6. The van der Waals surface area contributed by atoms with Crippen LogP contribution in [-0.4, -0.2) is 60.9 Å². The molecule has 2 atom stereocenters. The van der Waals surface area contributed by atoms with E-state index in [1.54, 1.807) is 0 Å². The lowest BCUT2D eigenvalue weighted by molar-refractivity contribution is -0.135. The molecule has 2 aliphatic heterocycles. The first-order chi connectivity index (χ1) is 10.2. The highest BCUT2D eigenvalue weighted by atomic mass is 16.2. The van der Waals surface area contributed by atoms with Gasteiger partial charge in [0.1, 0.15) is 0 Å². The molecule has 1 N–H and O–H groups in total. The zero-order chi connectivity index (χ0) is 14.8. The summed E-state index contributed by atoms with van der Waals surface area (Å²) in [4.78, 5) is 28.8. The standard InChI is InChI=1S/C16H27N3O2/c1-17-9-12-6-7-18(10-12)16(21)13-8-15(20)19(11-13)14-4-2-3-5-14/h12-14,17H,2-11H2,1H3. The molecule has 0 aromatic rings. The molecule has 5 nitrogen and oxygen atoms in total. The van der Waals surface area contributed by atoms with Gasteiger partial charge in [0.25, 0.3) is 0 Å². The molecule has 2 heterocycles. The van der Waals surface area contributed by atoms with Crippen LogP contribution in [0.2, 0.25) is 0 Å². The Bertz CT molecular complexity index is 406.